The van der Waals surface area contributed by atoms with Gasteiger partial charge in [0, 0.05) is 0 Å². The number of benzene rings is 1. The number of nitrogens with zero attached hydrogens (tertiary/aromatic N) is 1. The molecule has 0 amide bonds. The van der Waals surface area contributed by atoms with E-state index in [1.54, 1.807) is 0 Å². The first-order valence-electron chi connectivity index (χ1n) is 4.42. The monoisotopic (exact) mass is 190 g/mol. The molecule has 72 valence electrons. The number of carbonyl (C=O) groups is 1. The van der Waals surface area contributed by atoms with Crippen LogP contribution < -0.4 is 0 Å². The first-order valence-corrected chi connectivity index (χ1v) is 4.42. The summed E-state index contributed by atoms with van der Waals surface area (Å²) in [4.78, 5) is 17.9. The van der Waals surface area contributed by atoms with Crippen molar-refractivity contribution >= 4 is 17.0 Å². The summed E-state index contributed by atoms with van der Waals surface area (Å²) in [5.74, 6) is -0.917. The van der Waals surface area contributed by atoms with E-state index in [1.165, 1.54) is 6.33 Å². The zero-order chi connectivity index (χ0) is 10.1. The molecular weight excluding hydrogens is 180 g/mol. The summed E-state index contributed by atoms with van der Waals surface area (Å²) in [6, 6.07) is 3.68. The Kier molecular flexibility index (Phi) is 1.96. The molecule has 0 spiro atoms. The topological polar surface area (TPSA) is 66.0 Å². The van der Waals surface area contributed by atoms with E-state index < -0.39 is 5.97 Å². The molecule has 0 fully saturated rings. The van der Waals surface area contributed by atoms with Crippen molar-refractivity contribution in [2.24, 2.45) is 0 Å². The predicted octanol–water partition coefficient (Wildman–Crippen LogP) is 1.82. The van der Waals surface area contributed by atoms with Crippen LogP contribution in [0.15, 0.2) is 18.5 Å². The van der Waals surface area contributed by atoms with Gasteiger partial charge in [-0.25, -0.2) is 9.78 Å². The Hall–Kier alpha value is -1.84. The Morgan fingerprint density at radius 3 is 3.00 bits per heavy atom. The molecule has 0 aliphatic heterocycles. The molecule has 0 aliphatic carbocycles. The van der Waals surface area contributed by atoms with Gasteiger partial charge in [-0.05, 0) is 18.1 Å². The summed E-state index contributed by atoms with van der Waals surface area (Å²) >= 11 is 0. The molecule has 0 saturated heterocycles. The minimum Gasteiger partial charge on any atom is -0.478 e. The fourth-order valence-electron chi connectivity index (χ4n) is 1.58. The largest absolute Gasteiger partial charge is 0.478 e. The molecule has 1 aromatic heterocycles. The number of aromatic carboxylic acids is 1. The van der Waals surface area contributed by atoms with E-state index in [4.69, 9.17) is 5.11 Å². The lowest BCUT2D eigenvalue weighted by atomic mass is 10.0. The van der Waals surface area contributed by atoms with Gasteiger partial charge in [-0.2, -0.15) is 0 Å². The third kappa shape index (κ3) is 1.16. The van der Waals surface area contributed by atoms with Crippen LogP contribution in [0.5, 0.6) is 0 Å². The van der Waals surface area contributed by atoms with Crippen LogP contribution >= 0.6 is 0 Å². The zero-order valence-corrected chi connectivity index (χ0v) is 7.74. The quantitative estimate of drug-likeness (QED) is 0.759. The van der Waals surface area contributed by atoms with Gasteiger partial charge in [0.2, 0.25) is 0 Å². The fourth-order valence-corrected chi connectivity index (χ4v) is 1.58. The van der Waals surface area contributed by atoms with Crippen molar-refractivity contribution in [3.8, 4) is 0 Å². The van der Waals surface area contributed by atoms with Gasteiger partial charge >= 0.3 is 5.97 Å². The number of carboxylic acid groups (broad SMARTS) is 1. The summed E-state index contributed by atoms with van der Waals surface area (Å²) in [5.41, 5.74) is 2.43. The highest BCUT2D eigenvalue weighted by atomic mass is 16.4. The van der Waals surface area contributed by atoms with Crippen LogP contribution in [0.25, 0.3) is 11.0 Å². The Balaban J connectivity index is 2.82. The summed E-state index contributed by atoms with van der Waals surface area (Å²) in [6.45, 7) is 1.93. The maximum atomic E-state index is 11.0. The Labute approximate surface area is 80.6 Å². The first-order chi connectivity index (χ1) is 6.74. The lowest BCUT2D eigenvalue weighted by molar-refractivity contribution is 0.0697. The molecule has 0 radical (unpaired) electrons. The van der Waals surface area contributed by atoms with Gasteiger partial charge in [0.05, 0.1) is 17.4 Å². The number of nitrogens with one attached hydrogen (secondary N) is 1. The van der Waals surface area contributed by atoms with E-state index in [0.29, 0.717) is 17.5 Å². The number of hydrogen-bond acceptors (Lipinski definition) is 2. The Bertz CT molecular complexity index is 488. The lowest BCUT2D eigenvalue weighted by Crippen LogP contribution is -2.02. The van der Waals surface area contributed by atoms with Gasteiger partial charge < -0.3 is 10.1 Å². The standard InChI is InChI=1S/C10H10N2O2/c1-2-6-3-4-7-9(12-5-11-7)8(6)10(13)14/h3-5H,2H2,1H3,(H,11,12)(H,13,14). The van der Waals surface area contributed by atoms with Crippen LogP contribution in [0, 0.1) is 0 Å². The number of carboxylic acids is 1. The summed E-state index contributed by atoms with van der Waals surface area (Å²) < 4.78 is 0. The smallest absolute Gasteiger partial charge is 0.338 e. The number of fused-ring (bicyclic) bond motifs is 1. The van der Waals surface area contributed by atoms with Crippen LogP contribution in [0.2, 0.25) is 0 Å². The first kappa shape index (κ1) is 8.74. The van der Waals surface area contributed by atoms with Crippen molar-refractivity contribution in [3.63, 3.8) is 0 Å². The number of aromatic amines is 1. The molecular formula is C10H10N2O2. The highest BCUT2D eigenvalue weighted by molar-refractivity contribution is 6.02. The molecule has 0 saturated carbocycles. The number of rotatable bonds is 2. The van der Waals surface area contributed by atoms with Crippen LogP contribution in [0.3, 0.4) is 0 Å². The second kappa shape index (κ2) is 3.14. The van der Waals surface area contributed by atoms with Gasteiger partial charge in [-0.1, -0.05) is 13.0 Å². The van der Waals surface area contributed by atoms with Gasteiger partial charge in [0.15, 0.2) is 0 Å². The van der Waals surface area contributed by atoms with Crippen molar-refractivity contribution in [2.75, 3.05) is 0 Å². The maximum Gasteiger partial charge on any atom is 0.338 e. The Morgan fingerprint density at radius 2 is 2.36 bits per heavy atom. The third-order valence-electron chi connectivity index (χ3n) is 2.27. The highest BCUT2D eigenvalue weighted by Gasteiger charge is 2.14. The Morgan fingerprint density at radius 1 is 1.57 bits per heavy atom. The van der Waals surface area contributed by atoms with E-state index >= 15 is 0 Å². The number of aryl methyl sites for hydroxylation is 1. The van der Waals surface area contributed by atoms with Crippen LogP contribution in [-0.4, -0.2) is 21.0 Å². The van der Waals surface area contributed by atoms with E-state index in [-0.39, 0.29) is 0 Å². The van der Waals surface area contributed by atoms with Crippen LogP contribution in [0.4, 0.5) is 0 Å². The molecule has 0 atom stereocenters. The van der Waals surface area contributed by atoms with Crippen LogP contribution in [0.1, 0.15) is 22.8 Å². The van der Waals surface area contributed by atoms with Crippen molar-refractivity contribution in [1.82, 2.24) is 9.97 Å². The number of aromatic nitrogens is 2. The van der Waals surface area contributed by atoms with Crippen LogP contribution in [-0.2, 0) is 6.42 Å². The minimum atomic E-state index is -0.917. The van der Waals surface area contributed by atoms with Crippen molar-refractivity contribution in [1.29, 1.82) is 0 Å². The van der Waals surface area contributed by atoms with Crippen molar-refractivity contribution < 1.29 is 9.90 Å². The van der Waals surface area contributed by atoms with Crippen molar-refractivity contribution in [2.45, 2.75) is 13.3 Å². The fraction of sp³-hybridized carbons (Fsp3) is 0.200. The average Bonchev–Trinajstić information content (AvgIpc) is 2.62. The van der Waals surface area contributed by atoms with Gasteiger partial charge in [-0.15, -0.1) is 0 Å². The average molecular weight is 190 g/mol. The summed E-state index contributed by atoms with van der Waals surface area (Å²) in [6.07, 6.45) is 2.21. The van der Waals surface area contributed by atoms with Gasteiger partial charge in [-0.3, -0.25) is 0 Å². The van der Waals surface area contributed by atoms with E-state index in [1.807, 2.05) is 19.1 Å². The van der Waals surface area contributed by atoms with Crippen molar-refractivity contribution in [3.05, 3.63) is 29.6 Å². The van der Waals surface area contributed by atoms with E-state index in [2.05, 4.69) is 9.97 Å². The zero-order valence-electron chi connectivity index (χ0n) is 7.74. The normalized spacial score (nSPS) is 10.6. The summed E-state index contributed by atoms with van der Waals surface area (Å²) in [5, 5.41) is 9.06. The molecule has 0 aliphatic rings. The molecule has 2 rings (SSSR count). The molecule has 1 aromatic carbocycles. The summed E-state index contributed by atoms with van der Waals surface area (Å²) in [7, 11) is 0. The molecule has 14 heavy (non-hydrogen) atoms. The second-order valence-electron chi connectivity index (χ2n) is 3.06. The second-order valence-corrected chi connectivity index (χ2v) is 3.06. The predicted molar refractivity (Wildman–Crippen MR) is 52.4 cm³/mol. The molecule has 1 heterocycles. The SMILES string of the molecule is CCc1ccc2[nH]cnc2c1C(=O)O. The maximum absolute atomic E-state index is 11.0. The van der Waals surface area contributed by atoms with Gasteiger partial charge in [0.25, 0.3) is 0 Å². The molecule has 2 N–H and O–H groups in total. The minimum absolute atomic E-state index is 0.311. The third-order valence-corrected chi connectivity index (χ3v) is 2.27. The van der Waals surface area contributed by atoms with Gasteiger partial charge in [0.1, 0.15) is 5.52 Å². The number of imidazole rings is 1. The van der Waals surface area contributed by atoms with E-state index in [0.717, 1.165) is 11.1 Å². The number of H-pyrrole nitrogens is 1. The van der Waals surface area contributed by atoms with E-state index in [9.17, 15) is 4.79 Å². The molecule has 0 unspecified atom stereocenters. The highest BCUT2D eigenvalue weighted by Crippen LogP contribution is 2.19. The lowest BCUT2D eigenvalue weighted by Gasteiger charge is -2.03. The number of hydrogen-bond donors (Lipinski definition) is 2. The molecule has 4 heteroatoms. The molecule has 2 aromatic rings. The molecule has 4 nitrogen and oxygen atoms in total. The molecule has 0 bridgehead atoms.